The number of rotatable bonds is 10. The smallest absolute Gasteiger partial charge is 0.347 e. The molecule has 0 saturated heterocycles. The van der Waals surface area contributed by atoms with Crippen molar-refractivity contribution in [2.75, 3.05) is 0 Å². The molecule has 0 saturated carbocycles. The number of carbonyl (C=O) groups excluding carboxylic acids is 4. The minimum atomic E-state index is -0.778. The van der Waals surface area contributed by atoms with E-state index in [0.717, 1.165) is 31.6 Å². The van der Waals surface area contributed by atoms with Gasteiger partial charge in [-0.3, -0.25) is 9.59 Å². The zero-order valence-corrected chi connectivity index (χ0v) is 15.1. The standard InChI is InChI=1S/C22H22O5/c1-2-20(24)17-14-16(10-6-3-4-9-13-23)21(25)19(15-17)22(26)27-18-11-7-5-8-12-18/h2,5,7-8,11-16H,1,3-4,6,9-10H2. The van der Waals surface area contributed by atoms with Crippen LogP contribution in [0, 0.1) is 5.92 Å². The second-order valence-electron chi connectivity index (χ2n) is 6.23. The zero-order chi connectivity index (χ0) is 19.6. The summed E-state index contributed by atoms with van der Waals surface area (Å²) in [4.78, 5) is 47.6. The lowest BCUT2D eigenvalue weighted by Crippen LogP contribution is -2.27. The largest absolute Gasteiger partial charge is 0.423 e. The SMILES string of the molecule is C=CC(=O)C1=CC(CCCCCC=O)C(=O)C(C(=O)Oc2ccccc2)=C1. The van der Waals surface area contributed by atoms with E-state index in [1.807, 2.05) is 0 Å². The first-order valence-electron chi connectivity index (χ1n) is 8.92. The number of ketones is 2. The quantitative estimate of drug-likeness (QED) is 0.158. The molecule has 27 heavy (non-hydrogen) atoms. The first-order valence-corrected chi connectivity index (χ1v) is 8.92. The van der Waals surface area contributed by atoms with E-state index < -0.39 is 11.9 Å². The summed E-state index contributed by atoms with van der Waals surface area (Å²) in [5, 5.41) is 0. The highest BCUT2D eigenvalue weighted by molar-refractivity contribution is 6.22. The number of Topliss-reactive ketones (excluding diaryl/α,β-unsaturated/α-hetero) is 1. The lowest BCUT2D eigenvalue weighted by atomic mass is 9.84. The number of unbranched alkanes of at least 4 members (excludes halogenated alkanes) is 3. The lowest BCUT2D eigenvalue weighted by molar-refractivity contribution is -0.133. The van der Waals surface area contributed by atoms with Crippen molar-refractivity contribution in [3.05, 3.63) is 66.3 Å². The van der Waals surface area contributed by atoms with E-state index >= 15 is 0 Å². The summed E-state index contributed by atoms with van der Waals surface area (Å²) in [7, 11) is 0. The third-order valence-electron chi connectivity index (χ3n) is 4.26. The molecule has 0 heterocycles. The van der Waals surface area contributed by atoms with Gasteiger partial charge in [0, 0.05) is 17.9 Å². The third kappa shape index (κ3) is 5.71. The van der Waals surface area contributed by atoms with Gasteiger partial charge in [-0.2, -0.15) is 0 Å². The number of hydrogen-bond donors (Lipinski definition) is 0. The van der Waals surface area contributed by atoms with Crippen LogP contribution in [-0.4, -0.2) is 23.8 Å². The predicted molar refractivity (Wildman–Crippen MR) is 101 cm³/mol. The number of hydrogen-bond acceptors (Lipinski definition) is 5. The summed E-state index contributed by atoms with van der Waals surface area (Å²) in [6.07, 6.45) is 8.15. The van der Waals surface area contributed by atoms with Crippen molar-refractivity contribution in [1.82, 2.24) is 0 Å². The Morgan fingerprint density at radius 1 is 1.11 bits per heavy atom. The Morgan fingerprint density at radius 2 is 1.85 bits per heavy atom. The fraction of sp³-hybridized carbons (Fsp3) is 0.273. The Bertz CT molecular complexity index is 786. The van der Waals surface area contributed by atoms with Crippen LogP contribution in [0.25, 0.3) is 0 Å². The molecule has 0 spiro atoms. The van der Waals surface area contributed by atoms with Gasteiger partial charge in [-0.05, 0) is 37.1 Å². The molecule has 140 valence electrons. The first-order chi connectivity index (χ1) is 13.1. The maximum atomic E-state index is 12.7. The van der Waals surface area contributed by atoms with E-state index in [1.165, 1.54) is 6.08 Å². The van der Waals surface area contributed by atoms with Crippen molar-refractivity contribution >= 4 is 23.8 Å². The van der Waals surface area contributed by atoms with E-state index in [1.54, 1.807) is 36.4 Å². The molecular formula is C22H22O5. The third-order valence-corrected chi connectivity index (χ3v) is 4.26. The highest BCUT2D eigenvalue weighted by atomic mass is 16.5. The van der Waals surface area contributed by atoms with Gasteiger partial charge in [0.1, 0.15) is 17.6 Å². The molecule has 0 amide bonds. The van der Waals surface area contributed by atoms with Gasteiger partial charge in [0.15, 0.2) is 11.6 Å². The van der Waals surface area contributed by atoms with Gasteiger partial charge in [0.05, 0.1) is 0 Å². The molecule has 5 nitrogen and oxygen atoms in total. The molecule has 0 N–H and O–H groups in total. The van der Waals surface area contributed by atoms with Crippen molar-refractivity contribution in [3.8, 4) is 5.75 Å². The number of ether oxygens (including phenoxy) is 1. The van der Waals surface area contributed by atoms with Gasteiger partial charge >= 0.3 is 5.97 Å². The topological polar surface area (TPSA) is 77.5 Å². The Labute approximate surface area is 158 Å². The van der Waals surface area contributed by atoms with Crippen molar-refractivity contribution in [2.45, 2.75) is 32.1 Å². The van der Waals surface area contributed by atoms with Gasteiger partial charge in [-0.15, -0.1) is 0 Å². The van der Waals surface area contributed by atoms with Crippen molar-refractivity contribution in [2.24, 2.45) is 5.92 Å². The van der Waals surface area contributed by atoms with E-state index in [-0.39, 0.29) is 22.7 Å². The monoisotopic (exact) mass is 366 g/mol. The summed E-state index contributed by atoms with van der Waals surface area (Å²) in [6, 6.07) is 8.44. The fourth-order valence-electron chi connectivity index (χ4n) is 2.83. The van der Waals surface area contributed by atoms with Crippen molar-refractivity contribution in [1.29, 1.82) is 0 Å². The van der Waals surface area contributed by atoms with Gasteiger partial charge < -0.3 is 9.53 Å². The second-order valence-corrected chi connectivity index (χ2v) is 6.23. The highest BCUT2D eigenvalue weighted by Crippen LogP contribution is 2.26. The molecule has 0 fully saturated rings. The summed E-state index contributed by atoms with van der Waals surface area (Å²) in [5.74, 6) is -1.72. The lowest BCUT2D eigenvalue weighted by Gasteiger charge is -2.19. The number of esters is 1. The van der Waals surface area contributed by atoms with Crippen molar-refractivity contribution < 1.29 is 23.9 Å². The van der Waals surface area contributed by atoms with Crippen molar-refractivity contribution in [3.63, 3.8) is 0 Å². The highest BCUT2D eigenvalue weighted by Gasteiger charge is 2.31. The summed E-state index contributed by atoms with van der Waals surface area (Å²) in [6.45, 7) is 3.46. The normalized spacial score (nSPS) is 16.1. The molecule has 0 aromatic heterocycles. The minimum absolute atomic E-state index is 0.135. The maximum Gasteiger partial charge on any atom is 0.347 e. The van der Waals surface area contributed by atoms with Gasteiger partial charge in [-0.25, -0.2) is 4.79 Å². The van der Waals surface area contributed by atoms with Crippen LogP contribution in [0.1, 0.15) is 32.1 Å². The zero-order valence-electron chi connectivity index (χ0n) is 15.1. The van der Waals surface area contributed by atoms with E-state index in [4.69, 9.17) is 4.74 Å². The molecule has 2 rings (SSSR count). The number of para-hydroxylation sites is 1. The summed E-state index contributed by atoms with van der Waals surface area (Å²) >= 11 is 0. The molecule has 1 unspecified atom stereocenters. The van der Waals surface area contributed by atoms with Crippen LogP contribution in [0.4, 0.5) is 0 Å². The average Bonchev–Trinajstić information content (AvgIpc) is 2.69. The number of aldehydes is 1. The molecule has 1 atom stereocenters. The average molecular weight is 366 g/mol. The molecule has 0 radical (unpaired) electrons. The van der Waals surface area contributed by atoms with Crippen LogP contribution < -0.4 is 4.74 Å². The van der Waals surface area contributed by atoms with E-state index in [2.05, 4.69) is 6.58 Å². The van der Waals surface area contributed by atoms with E-state index in [9.17, 15) is 19.2 Å². The molecular weight excluding hydrogens is 344 g/mol. The molecule has 5 heteroatoms. The first kappa shape index (κ1) is 20.2. The Kier molecular flexibility index (Phi) is 7.62. The predicted octanol–water partition coefficient (Wildman–Crippen LogP) is 3.55. The summed E-state index contributed by atoms with van der Waals surface area (Å²) in [5.41, 5.74) is 0.131. The molecule has 0 aliphatic heterocycles. The fourth-order valence-corrected chi connectivity index (χ4v) is 2.83. The van der Waals surface area contributed by atoms with Crippen LogP contribution >= 0.6 is 0 Å². The molecule has 1 aliphatic rings. The van der Waals surface area contributed by atoms with Crippen LogP contribution in [0.5, 0.6) is 5.75 Å². The summed E-state index contributed by atoms with van der Waals surface area (Å²) < 4.78 is 5.26. The van der Waals surface area contributed by atoms with E-state index in [0.29, 0.717) is 18.6 Å². The number of allylic oxidation sites excluding steroid dienone is 4. The Hall–Kier alpha value is -3.08. The van der Waals surface area contributed by atoms with Crippen LogP contribution in [-0.2, 0) is 19.2 Å². The molecule has 1 aromatic rings. The minimum Gasteiger partial charge on any atom is -0.423 e. The number of carbonyl (C=O) groups is 4. The van der Waals surface area contributed by atoms with Gasteiger partial charge in [-0.1, -0.05) is 43.7 Å². The second kappa shape index (κ2) is 10.2. The van der Waals surface area contributed by atoms with Crippen LogP contribution in [0.2, 0.25) is 0 Å². The maximum absolute atomic E-state index is 12.7. The Morgan fingerprint density at radius 3 is 2.52 bits per heavy atom. The molecule has 0 bridgehead atoms. The van der Waals surface area contributed by atoms with Crippen LogP contribution in [0.15, 0.2) is 66.3 Å². The van der Waals surface area contributed by atoms with Gasteiger partial charge in [0.2, 0.25) is 0 Å². The van der Waals surface area contributed by atoms with Crippen LogP contribution in [0.3, 0.4) is 0 Å². The Balaban J connectivity index is 2.15. The van der Waals surface area contributed by atoms with Gasteiger partial charge in [0.25, 0.3) is 0 Å². The number of benzene rings is 1. The molecule has 1 aliphatic carbocycles. The molecule has 1 aromatic carbocycles.